The minimum Gasteiger partial charge on any atom is -0.354 e. The predicted molar refractivity (Wildman–Crippen MR) is 113 cm³/mol. The minimum absolute atomic E-state index is 0. The van der Waals surface area contributed by atoms with E-state index in [4.69, 9.17) is 0 Å². The summed E-state index contributed by atoms with van der Waals surface area (Å²) in [5.41, 5.74) is 2.26. The van der Waals surface area contributed by atoms with E-state index in [2.05, 4.69) is 32.7 Å². The summed E-state index contributed by atoms with van der Waals surface area (Å²) in [6.07, 6.45) is 0. The molecule has 0 saturated heterocycles. The van der Waals surface area contributed by atoms with Crippen molar-refractivity contribution >= 4 is 29.9 Å². The van der Waals surface area contributed by atoms with Crippen molar-refractivity contribution in [1.82, 2.24) is 15.5 Å². The predicted octanol–water partition coefficient (Wildman–Crippen LogP) is 3.41. The van der Waals surface area contributed by atoms with Crippen LogP contribution in [0.15, 0.2) is 59.6 Å². The van der Waals surface area contributed by atoms with Gasteiger partial charge in [-0.3, -0.25) is 4.99 Å². The molecule has 0 aliphatic carbocycles. The number of nitrogens with zero attached hydrogens (tertiary/aromatic N) is 2. The molecule has 2 rings (SSSR count). The largest absolute Gasteiger partial charge is 0.354 e. The Morgan fingerprint density at radius 2 is 1.68 bits per heavy atom. The molecule has 0 amide bonds. The maximum atomic E-state index is 13.1. The lowest BCUT2D eigenvalue weighted by Gasteiger charge is -2.26. The molecule has 0 radical (unpaired) electrons. The molecule has 2 aromatic rings. The van der Waals surface area contributed by atoms with Crippen molar-refractivity contribution in [2.75, 3.05) is 27.7 Å². The third kappa shape index (κ3) is 6.99. The van der Waals surface area contributed by atoms with Gasteiger partial charge in [0, 0.05) is 20.1 Å². The van der Waals surface area contributed by atoms with Crippen LogP contribution in [0.3, 0.4) is 0 Å². The molecule has 1 unspecified atom stereocenters. The van der Waals surface area contributed by atoms with E-state index in [-0.39, 0.29) is 35.8 Å². The molecule has 2 aromatic carbocycles. The van der Waals surface area contributed by atoms with Crippen molar-refractivity contribution in [1.29, 1.82) is 0 Å². The number of guanidine groups is 1. The minimum atomic E-state index is -0.218. The second-order valence-corrected chi connectivity index (χ2v) is 5.82. The fourth-order valence-corrected chi connectivity index (χ4v) is 2.48. The molecule has 0 aliphatic heterocycles. The van der Waals surface area contributed by atoms with E-state index in [1.54, 1.807) is 7.05 Å². The summed E-state index contributed by atoms with van der Waals surface area (Å²) in [7, 11) is 5.77. The number of likely N-dealkylation sites (N-methyl/N-ethyl adjacent to an activating group) is 1. The first kappa shape index (κ1) is 21.4. The highest BCUT2D eigenvalue weighted by Gasteiger charge is 2.14. The number of aliphatic imine (C=N–C) groups is 1. The van der Waals surface area contributed by atoms with Crippen LogP contribution in [-0.4, -0.2) is 38.5 Å². The molecule has 0 fully saturated rings. The third-order valence-electron chi connectivity index (χ3n) is 3.87. The summed E-state index contributed by atoms with van der Waals surface area (Å²) in [6, 6.07) is 16.9. The fourth-order valence-electron chi connectivity index (χ4n) is 2.48. The van der Waals surface area contributed by atoms with Gasteiger partial charge in [0.25, 0.3) is 0 Å². The first-order chi connectivity index (χ1) is 11.6. The lowest BCUT2D eigenvalue weighted by molar-refractivity contribution is 0.298. The van der Waals surface area contributed by atoms with Gasteiger partial charge in [0.05, 0.1) is 6.04 Å². The SMILES string of the molecule is CN=C(NCc1ccccc1)NCC(c1ccc(F)cc1)N(C)C.I. The normalized spacial score (nSPS) is 12.4. The average Bonchev–Trinajstić information content (AvgIpc) is 2.60. The van der Waals surface area contributed by atoms with Gasteiger partial charge < -0.3 is 15.5 Å². The summed E-state index contributed by atoms with van der Waals surface area (Å²) in [6.45, 7) is 1.39. The summed E-state index contributed by atoms with van der Waals surface area (Å²) >= 11 is 0. The van der Waals surface area contributed by atoms with Gasteiger partial charge in [0.2, 0.25) is 0 Å². The number of nitrogens with one attached hydrogen (secondary N) is 2. The molecular formula is C19H26FIN4. The Hall–Kier alpha value is -1.67. The lowest BCUT2D eigenvalue weighted by Crippen LogP contribution is -2.41. The van der Waals surface area contributed by atoms with E-state index in [1.165, 1.54) is 17.7 Å². The molecule has 0 bridgehead atoms. The second-order valence-electron chi connectivity index (χ2n) is 5.82. The van der Waals surface area contributed by atoms with Gasteiger partial charge in [-0.1, -0.05) is 42.5 Å². The number of rotatable bonds is 6. The van der Waals surface area contributed by atoms with Crippen LogP contribution in [0.5, 0.6) is 0 Å². The standard InChI is InChI=1S/C19H25FN4.HI/c1-21-19(22-13-15-7-5-4-6-8-15)23-14-18(24(2)3)16-9-11-17(20)12-10-16;/h4-12,18H,13-14H2,1-3H3,(H2,21,22,23);1H. The highest BCUT2D eigenvalue weighted by molar-refractivity contribution is 14.0. The Bertz CT molecular complexity index is 644. The van der Waals surface area contributed by atoms with Crippen LogP contribution >= 0.6 is 24.0 Å². The van der Waals surface area contributed by atoms with Gasteiger partial charge >= 0.3 is 0 Å². The van der Waals surface area contributed by atoms with Crippen LogP contribution in [0.25, 0.3) is 0 Å². The van der Waals surface area contributed by atoms with E-state index in [0.717, 1.165) is 11.5 Å². The quantitative estimate of drug-likeness (QED) is 0.398. The number of hydrogen-bond acceptors (Lipinski definition) is 2. The van der Waals surface area contributed by atoms with Crippen molar-refractivity contribution in [3.8, 4) is 0 Å². The molecule has 2 N–H and O–H groups in total. The third-order valence-corrected chi connectivity index (χ3v) is 3.87. The first-order valence-electron chi connectivity index (χ1n) is 8.00. The van der Waals surface area contributed by atoms with Gasteiger partial charge in [-0.15, -0.1) is 24.0 Å². The highest BCUT2D eigenvalue weighted by atomic mass is 127. The molecule has 0 heterocycles. The Morgan fingerprint density at radius 3 is 2.24 bits per heavy atom. The van der Waals surface area contributed by atoms with Gasteiger partial charge in [-0.2, -0.15) is 0 Å². The van der Waals surface area contributed by atoms with Crippen molar-refractivity contribution in [3.05, 3.63) is 71.5 Å². The molecule has 4 nitrogen and oxygen atoms in total. The topological polar surface area (TPSA) is 39.7 Å². The maximum absolute atomic E-state index is 13.1. The zero-order chi connectivity index (χ0) is 17.4. The van der Waals surface area contributed by atoms with E-state index in [0.29, 0.717) is 13.1 Å². The molecule has 136 valence electrons. The molecule has 0 aromatic heterocycles. The summed E-state index contributed by atoms with van der Waals surface area (Å²) < 4.78 is 13.1. The van der Waals surface area contributed by atoms with E-state index < -0.39 is 0 Å². The molecule has 0 saturated carbocycles. The summed E-state index contributed by atoms with van der Waals surface area (Å²) in [5.74, 6) is 0.525. The Labute approximate surface area is 166 Å². The van der Waals surface area contributed by atoms with Crippen molar-refractivity contribution in [3.63, 3.8) is 0 Å². The molecular weight excluding hydrogens is 430 g/mol. The molecule has 6 heteroatoms. The lowest BCUT2D eigenvalue weighted by atomic mass is 10.1. The Morgan fingerprint density at radius 1 is 1.04 bits per heavy atom. The first-order valence-corrected chi connectivity index (χ1v) is 8.00. The number of halogens is 2. The van der Waals surface area contributed by atoms with Crippen molar-refractivity contribution in [2.24, 2.45) is 4.99 Å². The number of hydrogen-bond donors (Lipinski definition) is 2. The van der Waals surface area contributed by atoms with Crippen molar-refractivity contribution in [2.45, 2.75) is 12.6 Å². The fraction of sp³-hybridized carbons (Fsp3) is 0.316. The number of benzene rings is 2. The molecule has 0 aliphatic rings. The molecule has 25 heavy (non-hydrogen) atoms. The monoisotopic (exact) mass is 456 g/mol. The van der Waals surface area contributed by atoms with E-state index in [1.807, 2.05) is 44.4 Å². The van der Waals surface area contributed by atoms with Crippen LogP contribution < -0.4 is 10.6 Å². The summed E-state index contributed by atoms with van der Waals surface area (Å²) in [4.78, 5) is 6.36. The molecule has 1 atom stereocenters. The smallest absolute Gasteiger partial charge is 0.191 e. The van der Waals surface area contributed by atoms with E-state index in [9.17, 15) is 4.39 Å². The van der Waals surface area contributed by atoms with Gasteiger partial charge in [-0.05, 0) is 37.4 Å². The Kier molecular flexibility index (Phi) is 9.44. The maximum Gasteiger partial charge on any atom is 0.191 e. The van der Waals surface area contributed by atoms with Gasteiger partial charge in [-0.25, -0.2) is 4.39 Å². The molecule has 0 spiro atoms. The zero-order valence-corrected chi connectivity index (χ0v) is 17.2. The van der Waals surface area contributed by atoms with Crippen LogP contribution in [-0.2, 0) is 6.54 Å². The average molecular weight is 456 g/mol. The highest BCUT2D eigenvalue weighted by Crippen LogP contribution is 2.17. The van der Waals surface area contributed by atoms with Crippen LogP contribution in [0.1, 0.15) is 17.2 Å². The van der Waals surface area contributed by atoms with Gasteiger partial charge in [0.15, 0.2) is 5.96 Å². The van der Waals surface area contributed by atoms with Gasteiger partial charge in [0.1, 0.15) is 5.82 Å². The Balaban J connectivity index is 0.00000312. The van der Waals surface area contributed by atoms with Crippen LogP contribution in [0, 0.1) is 5.82 Å². The van der Waals surface area contributed by atoms with Crippen molar-refractivity contribution < 1.29 is 4.39 Å². The summed E-state index contributed by atoms with van der Waals surface area (Å²) in [5, 5.41) is 6.64. The van der Waals surface area contributed by atoms with Crippen LogP contribution in [0.4, 0.5) is 4.39 Å². The zero-order valence-electron chi connectivity index (χ0n) is 14.9. The van der Waals surface area contributed by atoms with E-state index >= 15 is 0 Å². The van der Waals surface area contributed by atoms with Crippen LogP contribution in [0.2, 0.25) is 0 Å². The second kappa shape index (κ2) is 11.0.